The summed E-state index contributed by atoms with van der Waals surface area (Å²) in [6.45, 7) is 1.73. The second-order valence-electron chi connectivity index (χ2n) is 4.77. The highest BCUT2D eigenvalue weighted by Crippen LogP contribution is 2.30. The Hall–Kier alpha value is -0.610. The van der Waals surface area contributed by atoms with Gasteiger partial charge in [-0.3, -0.25) is 9.69 Å². The highest BCUT2D eigenvalue weighted by molar-refractivity contribution is 5.78. The number of likely N-dealkylation sites (N-methyl/N-ethyl adjacent to an activating group) is 1. The summed E-state index contributed by atoms with van der Waals surface area (Å²) < 4.78 is 0. The molecule has 1 rings (SSSR count). The number of aliphatic carboxylic acids is 1. The zero-order valence-corrected chi connectivity index (χ0v) is 9.99. The van der Waals surface area contributed by atoms with Gasteiger partial charge in [-0.25, -0.2) is 0 Å². The van der Waals surface area contributed by atoms with Crippen LogP contribution in [0.25, 0.3) is 0 Å². The lowest BCUT2D eigenvalue weighted by atomic mass is 9.84. The summed E-state index contributed by atoms with van der Waals surface area (Å²) in [5, 5.41) is 9.41. The Labute approximate surface area is 91.9 Å². The maximum Gasteiger partial charge on any atom is 0.324 e. The molecule has 0 bridgehead atoms. The van der Waals surface area contributed by atoms with Crippen molar-refractivity contribution < 1.29 is 9.90 Å². The minimum Gasteiger partial charge on any atom is -0.480 e. The van der Waals surface area contributed by atoms with Gasteiger partial charge >= 0.3 is 5.97 Å². The van der Waals surface area contributed by atoms with Gasteiger partial charge in [0.2, 0.25) is 0 Å². The third kappa shape index (κ3) is 2.69. The Balaban J connectivity index is 2.72. The van der Waals surface area contributed by atoms with Crippen molar-refractivity contribution in [3.05, 3.63) is 0 Å². The Morgan fingerprint density at radius 3 is 2.60 bits per heavy atom. The highest BCUT2D eigenvalue weighted by Gasteiger charge is 2.43. The fraction of sp³-hybridized carbons (Fsp3) is 0.909. The van der Waals surface area contributed by atoms with Crippen LogP contribution >= 0.6 is 0 Å². The molecule has 88 valence electrons. The van der Waals surface area contributed by atoms with E-state index in [1.165, 1.54) is 0 Å². The molecule has 1 aliphatic heterocycles. The molecule has 1 N–H and O–H groups in total. The zero-order valence-electron chi connectivity index (χ0n) is 9.99. The van der Waals surface area contributed by atoms with Crippen molar-refractivity contribution in [2.45, 2.75) is 31.2 Å². The van der Waals surface area contributed by atoms with E-state index in [9.17, 15) is 9.90 Å². The van der Waals surface area contributed by atoms with Gasteiger partial charge in [0, 0.05) is 0 Å². The van der Waals surface area contributed by atoms with Gasteiger partial charge in [-0.05, 0) is 59.9 Å². The fourth-order valence-electron chi connectivity index (χ4n) is 2.27. The molecule has 0 aromatic rings. The molecule has 1 fully saturated rings. The number of nitrogens with zero attached hydrogens (tertiary/aromatic N) is 2. The van der Waals surface area contributed by atoms with Gasteiger partial charge in [-0.15, -0.1) is 0 Å². The molecule has 1 heterocycles. The van der Waals surface area contributed by atoms with Crippen molar-refractivity contribution in [1.29, 1.82) is 0 Å². The summed E-state index contributed by atoms with van der Waals surface area (Å²) in [4.78, 5) is 15.5. The lowest BCUT2D eigenvalue weighted by molar-refractivity contribution is -0.153. The van der Waals surface area contributed by atoms with E-state index in [-0.39, 0.29) is 0 Å². The normalized spacial score (nSPS) is 28.3. The average molecular weight is 214 g/mol. The summed E-state index contributed by atoms with van der Waals surface area (Å²) in [5.74, 6) is -0.661. The third-order valence-corrected chi connectivity index (χ3v) is 3.44. The molecule has 0 radical (unpaired) electrons. The van der Waals surface area contributed by atoms with Gasteiger partial charge < -0.3 is 10.0 Å². The fourth-order valence-corrected chi connectivity index (χ4v) is 2.27. The Kier molecular flexibility index (Phi) is 4.11. The SMILES string of the molecule is CN(C)CCC1(C(=O)O)CCCCN1C. The maximum absolute atomic E-state index is 11.4. The van der Waals surface area contributed by atoms with Crippen LogP contribution in [-0.4, -0.2) is 60.6 Å². The van der Waals surface area contributed by atoms with Gasteiger partial charge in [0.25, 0.3) is 0 Å². The third-order valence-electron chi connectivity index (χ3n) is 3.44. The number of carboxylic acids is 1. The minimum atomic E-state index is -0.661. The van der Waals surface area contributed by atoms with E-state index in [0.29, 0.717) is 6.42 Å². The molecule has 15 heavy (non-hydrogen) atoms. The van der Waals surface area contributed by atoms with Crippen LogP contribution < -0.4 is 0 Å². The molecule has 4 heteroatoms. The van der Waals surface area contributed by atoms with E-state index in [1.54, 1.807) is 0 Å². The molecule has 1 unspecified atom stereocenters. The molecule has 0 amide bonds. The number of hydrogen-bond donors (Lipinski definition) is 1. The average Bonchev–Trinajstić information content (AvgIpc) is 2.16. The Morgan fingerprint density at radius 1 is 1.47 bits per heavy atom. The van der Waals surface area contributed by atoms with Crippen molar-refractivity contribution in [3.8, 4) is 0 Å². The summed E-state index contributed by atoms with van der Waals surface area (Å²) >= 11 is 0. The molecular formula is C11H22N2O2. The summed E-state index contributed by atoms with van der Waals surface area (Å²) in [6.07, 6.45) is 3.65. The van der Waals surface area contributed by atoms with E-state index in [2.05, 4.69) is 0 Å². The maximum atomic E-state index is 11.4. The second kappa shape index (κ2) is 4.94. The minimum absolute atomic E-state index is 0.622. The van der Waals surface area contributed by atoms with Crippen LogP contribution in [0.2, 0.25) is 0 Å². The van der Waals surface area contributed by atoms with Gasteiger partial charge in [0.15, 0.2) is 0 Å². The van der Waals surface area contributed by atoms with E-state index < -0.39 is 11.5 Å². The standard InChI is InChI=1S/C11H22N2O2/c1-12(2)9-7-11(10(14)15)6-4-5-8-13(11)3/h4-9H2,1-3H3,(H,14,15). The van der Waals surface area contributed by atoms with Crippen molar-refractivity contribution in [3.63, 3.8) is 0 Å². The number of carbonyl (C=O) groups is 1. The summed E-state index contributed by atoms with van der Waals surface area (Å²) in [6, 6.07) is 0. The molecule has 1 saturated heterocycles. The van der Waals surface area contributed by atoms with Crippen LogP contribution in [-0.2, 0) is 4.79 Å². The molecule has 0 aliphatic carbocycles. The highest BCUT2D eigenvalue weighted by atomic mass is 16.4. The quantitative estimate of drug-likeness (QED) is 0.754. The molecule has 1 atom stereocenters. The van der Waals surface area contributed by atoms with Crippen LogP contribution in [0.15, 0.2) is 0 Å². The number of carboxylic acid groups (broad SMARTS) is 1. The molecule has 0 aromatic heterocycles. The van der Waals surface area contributed by atoms with Crippen molar-refractivity contribution in [2.75, 3.05) is 34.2 Å². The van der Waals surface area contributed by atoms with Gasteiger partial charge in [-0.2, -0.15) is 0 Å². The van der Waals surface area contributed by atoms with Gasteiger partial charge in [0.1, 0.15) is 5.54 Å². The van der Waals surface area contributed by atoms with Gasteiger partial charge in [0.05, 0.1) is 0 Å². The van der Waals surface area contributed by atoms with E-state index >= 15 is 0 Å². The first-order valence-corrected chi connectivity index (χ1v) is 5.58. The van der Waals surface area contributed by atoms with Crippen LogP contribution in [0, 0.1) is 0 Å². The Morgan fingerprint density at radius 2 is 2.13 bits per heavy atom. The lowest BCUT2D eigenvalue weighted by Crippen LogP contribution is -2.56. The second-order valence-corrected chi connectivity index (χ2v) is 4.77. The topological polar surface area (TPSA) is 43.8 Å². The first-order valence-electron chi connectivity index (χ1n) is 5.58. The van der Waals surface area contributed by atoms with Crippen LogP contribution in [0.1, 0.15) is 25.7 Å². The summed E-state index contributed by atoms with van der Waals surface area (Å²) in [7, 11) is 5.90. The predicted molar refractivity (Wildman–Crippen MR) is 60.0 cm³/mol. The molecule has 4 nitrogen and oxygen atoms in total. The predicted octanol–water partition coefficient (Wildman–Crippen LogP) is 0.877. The van der Waals surface area contributed by atoms with Crippen molar-refractivity contribution in [1.82, 2.24) is 9.80 Å². The smallest absolute Gasteiger partial charge is 0.324 e. The lowest BCUT2D eigenvalue weighted by Gasteiger charge is -2.42. The number of piperidine rings is 1. The Bertz CT molecular complexity index is 231. The molecular weight excluding hydrogens is 192 g/mol. The molecule has 0 saturated carbocycles. The largest absolute Gasteiger partial charge is 0.480 e. The zero-order chi connectivity index (χ0) is 11.5. The summed E-state index contributed by atoms with van der Waals surface area (Å²) in [5.41, 5.74) is -0.622. The van der Waals surface area contributed by atoms with Gasteiger partial charge in [-0.1, -0.05) is 0 Å². The van der Waals surface area contributed by atoms with E-state index in [1.807, 2.05) is 30.9 Å². The van der Waals surface area contributed by atoms with E-state index in [4.69, 9.17) is 0 Å². The van der Waals surface area contributed by atoms with Crippen LogP contribution in [0.3, 0.4) is 0 Å². The van der Waals surface area contributed by atoms with Crippen molar-refractivity contribution >= 4 is 5.97 Å². The number of hydrogen-bond acceptors (Lipinski definition) is 3. The van der Waals surface area contributed by atoms with E-state index in [0.717, 1.165) is 32.4 Å². The first kappa shape index (κ1) is 12.5. The first-order chi connectivity index (χ1) is 6.99. The monoisotopic (exact) mass is 214 g/mol. The number of rotatable bonds is 4. The molecule has 0 spiro atoms. The molecule has 0 aromatic carbocycles. The van der Waals surface area contributed by atoms with Crippen LogP contribution in [0.4, 0.5) is 0 Å². The number of likely N-dealkylation sites (tertiary alicyclic amines) is 1. The molecule has 1 aliphatic rings. The van der Waals surface area contributed by atoms with Crippen LogP contribution in [0.5, 0.6) is 0 Å². The van der Waals surface area contributed by atoms with Crippen molar-refractivity contribution in [2.24, 2.45) is 0 Å².